The highest BCUT2D eigenvalue weighted by Gasteiger charge is 2.34. The summed E-state index contributed by atoms with van der Waals surface area (Å²) in [7, 11) is 0. The molecule has 1 atom stereocenters. The fourth-order valence-corrected chi connectivity index (χ4v) is 2.39. The lowest BCUT2D eigenvalue weighted by molar-refractivity contribution is -0.147. The molecule has 1 rings (SSSR count). The topological polar surface area (TPSA) is 0 Å². The SMILES string of the molecule is CC1CCC(C(C)CC(F)(F)F)CC1. The molecular formula is C11H19F3. The summed E-state index contributed by atoms with van der Waals surface area (Å²) >= 11 is 0. The molecule has 0 aromatic rings. The third kappa shape index (κ3) is 3.89. The summed E-state index contributed by atoms with van der Waals surface area (Å²) in [6, 6.07) is 0. The third-order valence-electron chi connectivity index (χ3n) is 3.42. The summed E-state index contributed by atoms with van der Waals surface area (Å²) in [4.78, 5) is 0. The van der Waals surface area contributed by atoms with Gasteiger partial charge in [-0.05, 0) is 30.6 Å². The molecule has 0 spiro atoms. The first-order valence-electron chi connectivity index (χ1n) is 5.45. The van der Waals surface area contributed by atoms with Crippen LogP contribution in [0.25, 0.3) is 0 Å². The predicted octanol–water partition coefficient (Wildman–Crippen LogP) is 4.40. The van der Waals surface area contributed by atoms with Crippen LogP contribution >= 0.6 is 0 Å². The van der Waals surface area contributed by atoms with Crippen LogP contribution in [0.5, 0.6) is 0 Å². The quantitative estimate of drug-likeness (QED) is 0.631. The molecule has 0 aliphatic heterocycles. The van der Waals surface area contributed by atoms with E-state index in [1.807, 2.05) is 0 Å². The number of hydrogen-bond acceptors (Lipinski definition) is 0. The van der Waals surface area contributed by atoms with Gasteiger partial charge in [-0.15, -0.1) is 0 Å². The molecule has 1 aliphatic rings. The van der Waals surface area contributed by atoms with E-state index in [2.05, 4.69) is 6.92 Å². The largest absolute Gasteiger partial charge is 0.389 e. The molecular weight excluding hydrogens is 189 g/mol. The zero-order chi connectivity index (χ0) is 10.8. The fourth-order valence-electron chi connectivity index (χ4n) is 2.39. The lowest BCUT2D eigenvalue weighted by atomic mass is 9.76. The molecule has 14 heavy (non-hydrogen) atoms. The highest BCUT2D eigenvalue weighted by Crippen LogP contribution is 2.37. The Hall–Kier alpha value is -0.210. The van der Waals surface area contributed by atoms with Crippen molar-refractivity contribution in [3.05, 3.63) is 0 Å². The molecule has 0 N–H and O–H groups in total. The Morgan fingerprint density at radius 3 is 2.07 bits per heavy atom. The summed E-state index contributed by atoms with van der Waals surface area (Å²) in [5.74, 6) is 0.819. The molecule has 0 saturated heterocycles. The van der Waals surface area contributed by atoms with E-state index in [9.17, 15) is 13.2 Å². The van der Waals surface area contributed by atoms with Crippen molar-refractivity contribution in [2.45, 2.75) is 52.1 Å². The van der Waals surface area contributed by atoms with Crippen molar-refractivity contribution in [1.82, 2.24) is 0 Å². The van der Waals surface area contributed by atoms with Crippen LogP contribution in [0, 0.1) is 17.8 Å². The van der Waals surface area contributed by atoms with Gasteiger partial charge < -0.3 is 0 Å². The van der Waals surface area contributed by atoms with Gasteiger partial charge in [0.25, 0.3) is 0 Å². The molecule has 0 amide bonds. The van der Waals surface area contributed by atoms with Gasteiger partial charge in [-0.1, -0.05) is 26.7 Å². The van der Waals surface area contributed by atoms with E-state index in [1.54, 1.807) is 6.92 Å². The lowest BCUT2D eigenvalue weighted by Crippen LogP contribution is -2.23. The third-order valence-corrected chi connectivity index (χ3v) is 3.42. The highest BCUT2D eigenvalue weighted by molar-refractivity contribution is 4.75. The molecule has 1 fully saturated rings. The van der Waals surface area contributed by atoms with Gasteiger partial charge in [-0.3, -0.25) is 0 Å². The van der Waals surface area contributed by atoms with Gasteiger partial charge in [0.15, 0.2) is 0 Å². The van der Waals surface area contributed by atoms with Crippen LogP contribution in [0.3, 0.4) is 0 Å². The normalized spacial score (nSPS) is 31.5. The maximum Gasteiger partial charge on any atom is 0.389 e. The van der Waals surface area contributed by atoms with E-state index in [4.69, 9.17) is 0 Å². The Bertz CT molecular complexity index is 166. The van der Waals surface area contributed by atoms with Crippen LogP contribution in [0.4, 0.5) is 13.2 Å². The molecule has 3 heteroatoms. The zero-order valence-corrected chi connectivity index (χ0v) is 8.90. The minimum Gasteiger partial charge on any atom is -0.171 e. The van der Waals surface area contributed by atoms with Gasteiger partial charge in [0.05, 0.1) is 0 Å². The molecule has 0 radical (unpaired) electrons. The second-order valence-electron chi connectivity index (χ2n) is 4.82. The van der Waals surface area contributed by atoms with E-state index in [1.165, 1.54) is 0 Å². The van der Waals surface area contributed by atoms with Crippen molar-refractivity contribution >= 4 is 0 Å². The Morgan fingerprint density at radius 2 is 1.64 bits per heavy atom. The van der Waals surface area contributed by atoms with Crippen LogP contribution in [0.2, 0.25) is 0 Å². The average molecular weight is 208 g/mol. The van der Waals surface area contributed by atoms with Crippen molar-refractivity contribution in [2.24, 2.45) is 17.8 Å². The van der Waals surface area contributed by atoms with Crippen molar-refractivity contribution in [3.63, 3.8) is 0 Å². The van der Waals surface area contributed by atoms with Gasteiger partial charge in [0.1, 0.15) is 0 Å². The lowest BCUT2D eigenvalue weighted by Gasteiger charge is -2.31. The van der Waals surface area contributed by atoms with Gasteiger partial charge in [0.2, 0.25) is 0 Å². The Labute approximate surface area is 83.9 Å². The van der Waals surface area contributed by atoms with E-state index in [0.717, 1.165) is 25.7 Å². The fraction of sp³-hybridized carbons (Fsp3) is 1.00. The molecule has 0 nitrogen and oxygen atoms in total. The first kappa shape index (κ1) is 11.9. The molecule has 84 valence electrons. The Kier molecular flexibility index (Phi) is 3.85. The number of rotatable bonds is 2. The molecule has 1 saturated carbocycles. The summed E-state index contributed by atoms with van der Waals surface area (Å²) in [6.45, 7) is 3.93. The van der Waals surface area contributed by atoms with Gasteiger partial charge in [-0.2, -0.15) is 13.2 Å². The molecule has 0 aromatic carbocycles. The van der Waals surface area contributed by atoms with Crippen LogP contribution in [-0.2, 0) is 0 Å². The van der Waals surface area contributed by atoms with Crippen molar-refractivity contribution in [2.75, 3.05) is 0 Å². The first-order chi connectivity index (χ1) is 6.38. The monoisotopic (exact) mass is 208 g/mol. The van der Waals surface area contributed by atoms with Gasteiger partial charge in [-0.25, -0.2) is 0 Å². The standard InChI is InChI=1S/C11H19F3/c1-8-3-5-10(6-4-8)9(2)7-11(12,13)14/h8-10H,3-7H2,1-2H3. The van der Waals surface area contributed by atoms with E-state index < -0.39 is 12.6 Å². The minimum atomic E-state index is -3.98. The average Bonchev–Trinajstić information content (AvgIpc) is 2.02. The van der Waals surface area contributed by atoms with E-state index in [0.29, 0.717) is 11.8 Å². The molecule has 1 unspecified atom stereocenters. The molecule has 0 aromatic heterocycles. The summed E-state index contributed by atoms with van der Waals surface area (Å²) < 4.78 is 36.4. The Balaban J connectivity index is 2.34. The van der Waals surface area contributed by atoms with Crippen LogP contribution < -0.4 is 0 Å². The summed E-state index contributed by atoms with van der Waals surface area (Å²) in [5.41, 5.74) is 0. The second kappa shape index (κ2) is 4.54. The number of hydrogen-bond donors (Lipinski definition) is 0. The van der Waals surface area contributed by atoms with Crippen LogP contribution in [-0.4, -0.2) is 6.18 Å². The van der Waals surface area contributed by atoms with Crippen molar-refractivity contribution < 1.29 is 13.2 Å². The zero-order valence-electron chi connectivity index (χ0n) is 8.90. The van der Waals surface area contributed by atoms with Crippen molar-refractivity contribution in [1.29, 1.82) is 0 Å². The summed E-state index contributed by atoms with van der Waals surface area (Å²) in [6.07, 6.45) is -0.412. The molecule has 1 aliphatic carbocycles. The highest BCUT2D eigenvalue weighted by atomic mass is 19.4. The number of halogens is 3. The second-order valence-corrected chi connectivity index (χ2v) is 4.82. The maximum atomic E-state index is 12.1. The van der Waals surface area contributed by atoms with Gasteiger partial charge in [0, 0.05) is 6.42 Å². The number of alkyl halides is 3. The smallest absolute Gasteiger partial charge is 0.171 e. The predicted molar refractivity (Wildman–Crippen MR) is 51.0 cm³/mol. The summed E-state index contributed by atoms with van der Waals surface area (Å²) in [5, 5.41) is 0. The van der Waals surface area contributed by atoms with Crippen LogP contribution in [0.15, 0.2) is 0 Å². The van der Waals surface area contributed by atoms with E-state index in [-0.39, 0.29) is 5.92 Å². The van der Waals surface area contributed by atoms with E-state index >= 15 is 0 Å². The Morgan fingerprint density at radius 1 is 1.14 bits per heavy atom. The minimum absolute atomic E-state index is 0.192. The maximum absolute atomic E-state index is 12.1. The van der Waals surface area contributed by atoms with Crippen LogP contribution in [0.1, 0.15) is 46.0 Å². The van der Waals surface area contributed by atoms with Crippen molar-refractivity contribution in [3.8, 4) is 0 Å². The van der Waals surface area contributed by atoms with Gasteiger partial charge >= 0.3 is 6.18 Å². The molecule has 0 bridgehead atoms. The molecule has 0 heterocycles. The first-order valence-corrected chi connectivity index (χ1v) is 5.45.